The molecule has 1 amide bonds. The Kier molecular flexibility index (Phi) is 6.99. The molecule has 0 aliphatic carbocycles. The van der Waals surface area contributed by atoms with Crippen molar-refractivity contribution in [3.8, 4) is 5.75 Å². The smallest absolute Gasteiger partial charge is 0.344 e. The molecule has 0 saturated carbocycles. The SMILES string of the molecule is Cc1ccccc1CNC(=O)COC(=O)COc1ccccc1C(C)(C)C. The number of hydrogen-bond acceptors (Lipinski definition) is 4. The lowest BCUT2D eigenvalue weighted by Gasteiger charge is -2.22. The Balaban J connectivity index is 1.77. The molecule has 0 fully saturated rings. The first-order valence-corrected chi connectivity index (χ1v) is 8.96. The molecule has 5 nitrogen and oxygen atoms in total. The van der Waals surface area contributed by atoms with Crippen molar-refractivity contribution in [1.29, 1.82) is 0 Å². The number of para-hydroxylation sites is 1. The van der Waals surface area contributed by atoms with Crippen molar-refractivity contribution in [3.05, 3.63) is 65.2 Å². The van der Waals surface area contributed by atoms with Crippen molar-refractivity contribution in [2.75, 3.05) is 13.2 Å². The van der Waals surface area contributed by atoms with E-state index >= 15 is 0 Å². The maximum atomic E-state index is 11.9. The molecule has 0 bridgehead atoms. The summed E-state index contributed by atoms with van der Waals surface area (Å²) in [6.45, 7) is 8.05. The molecule has 0 atom stereocenters. The lowest BCUT2D eigenvalue weighted by atomic mass is 9.86. The van der Waals surface area contributed by atoms with Crippen LogP contribution in [0.2, 0.25) is 0 Å². The molecule has 0 aliphatic rings. The first-order chi connectivity index (χ1) is 12.8. The summed E-state index contributed by atoms with van der Waals surface area (Å²) >= 11 is 0. The number of carbonyl (C=O) groups excluding carboxylic acids is 2. The summed E-state index contributed by atoms with van der Waals surface area (Å²) in [5.74, 6) is -0.280. The maximum Gasteiger partial charge on any atom is 0.344 e. The van der Waals surface area contributed by atoms with Gasteiger partial charge in [-0.05, 0) is 35.1 Å². The van der Waals surface area contributed by atoms with E-state index in [9.17, 15) is 9.59 Å². The Morgan fingerprint density at radius 3 is 2.33 bits per heavy atom. The monoisotopic (exact) mass is 369 g/mol. The fourth-order valence-corrected chi connectivity index (χ4v) is 2.59. The molecule has 144 valence electrons. The van der Waals surface area contributed by atoms with E-state index in [4.69, 9.17) is 9.47 Å². The van der Waals surface area contributed by atoms with Gasteiger partial charge in [0, 0.05) is 6.54 Å². The molecular formula is C22H27NO4. The predicted octanol–water partition coefficient (Wildman–Crippen LogP) is 3.53. The van der Waals surface area contributed by atoms with E-state index in [-0.39, 0.29) is 24.5 Å². The highest BCUT2D eigenvalue weighted by molar-refractivity contribution is 5.80. The van der Waals surface area contributed by atoms with Gasteiger partial charge in [-0.3, -0.25) is 4.79 Å². The number of nitrogens with one attached hydrogen (secondary N) is 1. The van der Waals surface area contributed by atoms with Crippen molar-refractivity contribution in [3.63, 3.8) is 0 Å². The van der Waals surface area contributed by atoms with Crippen LogP contribution in [0.15, 0.2) is 48.5 Å². The average Bonchev–Trinajstić information content (AvgIpc) is 2.63. The molecule has 2 aromatic rings. The second kappa shape index (κ2) is 9.21. The summed E-state index contributed by atoms with van der Waals surface area (Å²) in [7, 11) is 0. The fraction of sp³-hybridized carbons (Fsp3) is 0.364. The first kappa shape index (κ1) is 20.5. The van der Waals surface area contributed by atoms with Crippen molar-refractivity contribution < 1.29 is 19.1 Å². The minimum Gasteiger partial charge on any atom is -0.482 e. The van der Waals surface area contributed by atoms with Crippen LogP contribution in [0, 0.1) is 6.92 Å². The van der Waals surface area contributed by atoms with Crippen LogP contribution in [0.25, 0.3) is 0 Å². The van der Waals surface area contributed by atoms with E-state index in [1.54, 1.807) is 0 Å². The molecule has 2 rings (SSSR count). The third-order valence-electron chi connectivity index (χ3n) is 4.14. The number of benzene rings is 2. The Morgan fingerprint density at radius 1 is 0.963 bits per heavy atom. The number of amides is 1. The van der Waals surface area contributed by atoms with E-state index in [0.717, 1.165) is 16.7 Å². The molecule has 0 aromatic heterocycles. The molecule has 2 aromatic carbocycles. The van der Waals surface area contributed by atoms with Crippen molar-refractivity contribution >= 4 is 11.9 Å². The van der Waals surface area contributed by atoms with E-state index in [1.165, 1.54) is 0 Å². The second-order valence-electron chi connectivity index (χ2n) is 7.40. The molecule has 0 heterocycles. The van der Waals surface area contributed by atoms with Gasteiger partial charge in [-0.25, -0.2) is 4.79 Å². The highest BCUT2D eigenvalue weighted by Gasteiger charge is 2.19. The molecule has 27 heavy (non-hydrogen) atoms. The summed E-state index contributed by atoms with van der Waals surface area (Å²) in [5, 5.41) is 2.74. The zero-order valence-corrected chi connectivity index (χ0v) is 16.4. The van der Waals surface area contributed by atoms with Crippen LogP contribution in [0.3, 0.4) is 0 Å². The van der Waals surface area contributed by atoms with Crippen LogP contribution in [-0.2, 0) is 26.3 Å². The Morgan fingerprint density at radius 2 is 1.63 bits per heavy atom. The Hall–Kier alpha value is -2.82. The lowest BCUT2D eigenvalue weighted by molar-refractivity contribution is -0.150. The number of esters is 1. The summed E-state index contributed by atoms with van der Waals surface area (Å²) < 4.78 is 10.6. The molecule has 0 spiro atoms. The quantitative estimate of drug-likeness (QED) is 0.759. The van der Waals surface area contributed by atoms with Crippen LogP contribution >= 0.6 is 0 Å². The standard InChI is InChI=1S/C22H27NO4/c1-16-9-5-6-10-17(16)13-23-20(24)14-27-21(25)15-26-19-12-8-7-11-18(19)22(2,3)4/h5-12H,13-15H2,1-4H3,(H,23,24). The number of hydrogen-bond donors (Lipinski definition) is 1. The normalized spacial score (nSPS) is 11.0. The lowest BCUT2D eigenvalue weighted by Crippen LogP contribution is -2.29. The van der Waals surface area contributed by atoms with Gasteiger partial charge in [0.15, 0.2) is 13.2 Å². The number of rotatable bonds is 7. The predicted molar refractivity (Wildman–Crippen MR) is 105 cm³/mol. The van der Waals surface area contributed by atoms with E-state index < -0.39 is 5.97 Å². The van der Waals surface area contributed by atoms with Gasteiger partial charge >= 0.3 is 5.97 Å². The van der Waals surface area contributed by atoms with Crippen molar-refractivity contribution in [1.82, 2.24) is 5.32 Å². The highest BCUT2D eigenvalue weighted by atomic mass is 16.6. The van der Waals surface area contributed by atoms with E-state index in [2.05, 4.69) is 26.1 Å². The largest absolute Gasteiger partial charge is 0.482 e. The van der Waals surface area contributed by atoms with Gasteiger partial charge in [0.05, 0.1) is 0 Å². The molecule has 1 N–H and O–H groups in total. The zero-order chi connectivity index (χ0) is 19.9. The van der Waals surface area contributed by atoms with Gasteiger partial charge < -0.3 is 14.8 Å². The van der Waals surface area contributed by atoms with Gasteiger partial charge in [-0.1, -0.05) is 63.2 Å². The number of aryl methyl sites for hydroxylation is 1. The molecule has 0 radical (unpaired) electrons. The van der Waals surface area contributed by atoms with Gasteiger partial charge in [0.25, 0.3) is 5.91 Å². The number of carbonyl (C=O) groups is 2. The minimum atomic E-state index is -0.579. The third kappa shape index (κ3) is 6.44. The Labute approximate surface area is 160 Å². The summed E-state index contributed by atoms with van der Waals surface area (Å²) in [5.41, 5.74) is 3.03. The van der Waals surface area contributed by atoms with Crippen LogP contribution in [0.1, 0.15) is 37.5 Å². The van der Waals surface area contributed by atoms with Crippen molar-refractivity contribution in [2.45, 2.75) is 39.7 Å². The van der Waals surface area contributed by atoms with E-state index in [0.29, 0.717) is 12.3 Å². The molecular weight excluding hydrogens is 342 g/mol. The number of ether oxygens (including phenoxy) is 2. The van der Waals surface area contributed by atoms with Gasteiger partial charge in [-0.15, -0.1) is 0 Å². The minimum absolute atomic E-state index is 0.101. The van der Waals surface area contributed by atoms with Crippen LogP contribution in [-0.4, -0.2) is 25.1 Å². The first-order valence-electron chi connectivity index (χ1n) is 8.96. The van der Waals surface area contributed by atoms with Crippen molar-refractivity contribution in [2.24, 2.45) is 0 Å². The van der Waals surface area contributed by atoms with E-state index in [1.807, 2.05) is 55.5 Å². The fourth-order valence-electron chi connectivity index (χ4n) is 2.59. The van der Waals surface area contributed by atoms with Crippen LogP contribution in [0.5, 0.6) is 5.75 Å². The summed E-state index contributed by atoms with van der Waals surface area (Å²) in [4.78, 5) is 23.7. The zero-order valence-electron chi connectivity index (χ0n) is 16.4. The third-order valence-corrected chi connectivity index (χ3v) is 4.14. The average molecular weight is 369 g/mol. The maximum absolute atomic E-state index is 11.9. The topological polar surface area (TPSA) is 64.6 Å². The van der Waals surface area contributed by atoms with Gasteiger partial charge in [0.1, 0.15) is 5.75 Å². The molecule has 5 heteroatoms. The van der Waals surface area contributed by atoms with Crippen LogP contribution in [0.4, 0.5) is 0 Å². The summed E-state index contributed by atoms with van der Waals surface area (Å²) in [6, 6.07) is 15.4. The van der Waals surface area contributed by atoms with Crippen LogP contribution < -0.4 is 10.1 Å². The van der Waals surface area contributed by atoms with Gasteiger partial charge in [0.2, 0.25) is 0 Å². The highest BCUT2D eigenvalue weighted by Crippen LogP contribution is 2.30. The molecule has 0 aliphatic heterocycles. The van der Waals surface area contributed by atoms with Gasteiger partial charge in [-0.2, -0.15) is 0 Å². The molecule has 0 unspecified atom stereocenters. The molecule has 0 saturated heterocycles. The summed E-state index contributed by atoms with van der Waals surface area (Å²) in [6.07, 6.45) is 0. The second-order valence-corrected chi connectivity index (χ2v) is 7.40. The Bertz CT molecular complexity index is 793.